The fourth-order valence-electron chi connectivity index (χ4n) is 2.86. The molecule has 1 N–H and O–H groups in total. The van der Waals surface area contributed by atoms with E-state index in [0.717, 1.165) is 33.9 Å². The summed E-state index contributed by atoms with van der Waals surface area (Å²) in [6.07, 6.45) is 2.71. The molecule has 3 aromatic rings. The number of ether oxygens (including phenoxy) is 1. The Hall–Kier alpha value is -2.82. The molecule has 0 saturated carbocycles. The fourth-order valence-corrected chi connectivity index (χ4v) is 2.86. The van der Waals surface area contributed by atoms with Gasteiger partial charge in [-0.05, 0) is 44.0 Å². The Morgan fingerprint density at radius 1 is 1.12 bits per heavy atom. The number of benzene rings is 1. The van der Waals surface area contributed by atoms with Gasteiger partial charge in [-0.25, -0.2) is 4.98 Å². The standard InChI is InChI=1S/C20H23N3O2/c1-14-6-4-7-15(2)20(14)25-13-19(24)21-11-10-17-12-23-16(3)8-5-9-18(23)22-17/h4-9,12H,10-11,13H2,1-3H3,(H,21,24). The molecule has 0 saturated heterocycles. The van der Waals surface area contributed by atoms with Gasteiger partial charge in [0.25, 0.3) is 5.91 Å². The number of carbonyl (C=O) groups is 1. The highest BCUT2D eigenvalue weighted by atomic mass is 16.5. The number of fused-ring (bicyclic) bond motifs is 1. The van der Waals surface area contributed by atoms with Gasteiger partial charge in [0.2, 0.25) is 0 Å². The van der Waals surface area contributed by atoms with Crippen molar-refractivity contribution in [2.24, 2.45) is 0 Å². The van der Waals surface area contributed by atoms with Crippen molar-refractivity contribution >= 4 is 11.6 Å². The Kier molecular flexibility index (Phi) is 5.03. The number of rotatable bonds is 6. The van der Waals surface area contributed by atoms with Crippen molar-refractivity contribution in [2.75, 3.05) is 13.2 Å². The SMILES string of the molecule is Cc1cccc(C)c1OCC(=O)NCCc1cn2c(C)cccc2n1. The lowest BCUT2D eigenvalue weighted by Crippen LogP contribution is -2.30. The normalized spacial score (nSPS) is 10.8. The molecule has 0 aliphatic carbocycles. The number of aryl methyl sites for hydroxylation is 3. The Balaban J connectivity index is 1.50. The maximum absolute atomic E-state index is 12.0. The van der Waals surface area contributed by atoms with Crippen molar-refractivity contribution in [1.82, 2.24) is 14.7 Å². The van der Waals surface area contributed by atoms with Crippen LogP contribution in [0, 0.1) is 20.8 Å². The number of imidazole rings is 1. The molecule has 2 heterocycles. The number of hydrogen-bond donors (Lipinski definition) is 1. The van der Waals surface area contributed by atoms with Crippen LogP contribution in [-0.4, -0.2) is 28.4 Å². The van der Waals surface area contributed by atoms with Crippen molar-refractivity contribution in [3.8, 4) is 5.75 Å². The van der Waals surface area contributed by atoms with Crippen LogP contribution in [0.5, 0.6) is 5.75 Å². The molecule has 0 aliphatic rings. The van der Waals surface area contributed by atoms with Gasteiger partial charge in [0.15, 0.2) is 6.61 Å². The third-order valence-corrected chi connectivity index (χ3v) is 4.21. The highest BCUT2D eigenvalue weighted by Crippen LogP contribution is 2.21. The van der Waals surface area contributed by atoms with Gasteiger partial charge in [-0.1, -0.05) is 24.3 Å². The van der Waals surface area contributed by atoms with Crippen molar-refractivity contribution in [1.29, 1.82) is 0 Å². The van der Waals surface area contributed by atoms with Crippen LogP contribution in [0.2, 0.25) is 0 Å². The lowest BCUT2D eigenvalue weighted by atomic mass is 10.1. The minimum Gasteiger partial charge on any atom is -0.483 e. The highest BCUT2D eigenvalue weighted by Gasteiger charge is 2.08. The molecule has 1 amide bonds. The summed E-state index contributed by atoms with van der Waals surface area (Å²) >= 11 is 0. The molecule has 5 nitrogen and oxygen atoms in total. The average molecular weight is 337 g/mol. The molecule has 5 heteroatoms. The summed E-state index contributed by atoms with van der Waals surface area (Å²) in [4.78, 5) is 16.6. The number of amides is 1. The lowest BCUT2D eigenvalue weighted by molar-refractivity contribution is -0.123. The molecule has 0 radical (unpaired) electrons. The third kappa shape index (κ3) is 3.99. The fraction of sp³-hybridized carbons (Fsp3) is 0.300. The molecule has 0 fully saturated rings. The van der Waals surface area contributed by atoms with E-state index in [1.165, 1.54) is 0 Å². The van der Waals surface area contributed by atoms with Gasteiger partial charge in [-0.2, -0.15) is 0 Å². The van der Waals surface area contributed by atoms with E-state index in [-0.39, 0.29) is 12.5 Å². The quantitative estimate of drug-likeness (QED) is 0.752. The number of carbonyl (C=O) groups excluding carboxylic acids is 1. The molecule has 3 rings (SSSR count). The first kappa shape index (κ1) is 17.0. The van der Waals surface area contributed by atoms with E-state index in [1.54, 1.807) is 0 Å². The first-order chi connectivity index (χ1) is 12.0. The van der Waals surface area contributed by atoms with Crippen LogP contribution in [0.25, 0.3) is 5.65 Å². The largest absolute Gasteiger partial charge is 0.483 e. The van der Waals surface area contributed by atoms with E-state index in [2.05, 4.69) is 14.7 Å². The van der Waals surface area contributed by atoms with Gasteiger partial charge in [-0.3, -0.25) is 4.79 Å². The number of nitrogens with zero attached hydrogens (tertiary/aromatic N) is 2. The van der Waals surface area contributed by atoms with Gasteiger partial charge in [0, 0.05) is 24.9 Å². The molecule has 0 atom stereocenters. The van der Waals surface area contributed by atoms with Crippen molar-refractivity contribution in [3.63, 3.8) is 0 Å². The third-order valence-electron chi connectivity index (χ3n) is 4.21. The summed E-state index contributed by atoms with van der Waals surface area (Å²) in [6.45, 7) is 6.57. The summed E-state index contributed by atoms with van der Waals surface area (Å²) < 4.78 is 7.72. The molecule has 0 bridgehead atoms. The van der Waals surface area contributed by atoms with Crippen LogP contribution in [-0.2, 0) is 11.2 Å². The predicted molar refractivity (Wildman–Crippen MR) is 98.1 cm³/mol. The van der Waals surface area contributed by atoms with E-state index in [4.69, 9.17) is 4.74 Å². The maximum atomic E-state index is 12.0. The molecule has 2 aromatic heterocycles. The first-order valence-corrected chi connectivity index (χ1v) is 8.44. The molecule has 25 heavy (non-hydrogen) atoms. The van der Waals surface area contributed by atoms with Crippen LogP contribution in [0.1, 0.15) is 22.5 Å². The van der Waals surface area contributed by atoms with Crippen LogP contribution < -0.4 is 10.1 Å². The zero-order chi connectivity index (χ0) is 17.8. The van der Waals surface area contributed by atoms with Gasteiger partial charge in [0.05, 0.1) is 5.69 Å². The Labute approximate surface area is 147 Å². The van der Waals surface area contributed by atoms with Crippen LogP contribution in [0.4, 0.5) is 0 Å². The van der Waals surface area contributed by atoms with Crippen LogP contribution in [0.3, 0.4) is 0 Å². The molecular formula is C20H23N3O2. The highest BCUT2D eigenvalue weighted by molar-refractivity contribution is 5.77. The van der Waals surface area contributed by atoms with E-state index >= 15 is 0 Å². The Morgan fingerprint density at radius 2 is 1.84 bits per heavy atom. The smallest absolute Gasteiger partial charge is 0.257 e. The molecule has 0 spiro atoms. The van der Waals surface area contributed by atoms with Gasteiger partial charge in [-0.15, -0.1) is 0 Å². The number of pyridine rings is 1. The van der Waals surface area contributed by atoms with Gasteiger partial charge in [0.1, 0.15) is 11.4 Å². The minimum atomic E-state index is -0.123. The minimum absolute atomic E-state index is 0.0238. The number of hydrogen-bond acceptors (Lipinski definition) is 3. The van der Waals surface area contributed by atoms with E-state index < -0.39 is 0 Å². The first-order valence-electron chi connectivity index (χ1n) is 8.44. The van der Waals surface area contributed by atoms with Crippen molar-refractivity contribution in [2.45, 2.75) is 27.2 Å². The molecule has 1 aromatic carbocycles. The second-order valence-corrected chi connectivity index (χ2v) is 6.24. The van der Waals surface area contributed by atoms with Gasteiger partial charge < -0.3 is 14.5 Å². The zero-order valence-corrected chi connectivity index (χ0v) is 14.9. The summed E-state index contributed by atoms with van der Waals surface area (Å²) in [5, 5.41) is 2.89. The second-order valence-electron chi connectivity index (χ2n) is 6.24. The topological polar surface area (TPSA) is 55.6 Å². The number of para-hydroxylation sites is 1. The maximum Gasteiger partial charge on any atom is 0.257 e. The molecule has 0 aliphatic heterocycles. The average Bonchev–Trinajstić information content (AvgIpc) is 2.99. The summed E-state index contributed by atoms with van der Waals surface area (Å²) in [5.74, 6) is 0.663. The van der Waals surface area contributed by atoms with Crippen LogP contribution in [0.15, 0.2) is 42.6 Å². The Morgan fingerprint density at radius 3 is 2.56 bits per heavy atom. The number of nitrogens with one attached hydrogen (secondary N) is 1. The molecule has 130 valence electrons. The molecule has 0 unspecified atom stereocenters. The summed E-state index contributed by atoms with van der Waals surface area (Å²) in [7, 11) is 0. The lowest BCUT2D eigenvalue weighted by Gasteiger charge is -2.11. The summed E-state index contributed by atoms with van der Waals surface area (Å²) in [5.41, 5.74) is 5.10. The summed E-state index contributed by atoms with van der Waals surface area (Å²) in [6, 6.07) is 12.0. The van der Waals surface area contributed by atoms with Gasteiger partial charge >= 0.3 is 0 Å². The Bertz CT molecular complexity index is 879. The zero-order valence-electron chi connectivity index (χ0n) is 14.9. The molecular weight excluding hydrogens is 314 g/mol. The monoisotopic (exact) mass is 337 g/mol. The number of aromatic nitrogens is 2. The van der Waals surface area contributed by atoms with Crippen LogP contribution >= 0.6 is 0 Å². The second kappa shape index (κ2) is 7.38. The predicted octanol–water partition coefficient (Wildman–Crippen LogP) is 3.00. The van der Waals surface area contributed by atoms with Crippen molar-refractivity contribution in [3.05, 3.63) is 65.1 Å². The van der Waals surface area contributed by atoms with E-state index in [9.17, 15) is 4.79 Å². The van der Waals surface area contributed by atoms with E-state index in [1.807, 2.05) is 63.4 Å². The van der Waals surface area contributed by atoms with Crippen molar-refractivity contribution < 1.29 is 9.53 Å². The van der Waals surface area contributed by atoms with E-state index in [0.29, 0.717) is 13.0 Å².